The van der Waals surface area contributed by atoms with E-state index in [1.165, 1.54) is 0 Å². The number of amides is 2. The van der Waals surface area contributed by atoms with Gasteiger partial charge in [0.25, 0.3) is 11.8 Å². The number of likely N-dealkylation sites (tertiary alicyclic amines) is 1. The van der Waals surface area contributed by atoms with Crippen LogP contribution in [-0.2, 0) is 0 Å². The number of benzene rings is 2. The van der Waals surface area contributed by atoms with E-state index >= 15 is 0 Å². The molecule has 2 aromatic rings. The normalized spacial score (nSPS) is 18.1. The van der Waals surface area contributed by atoms with E-state index in [2.05, 4.69) is 10.6 Å². The average Bonchev–Trinajstić information content (AvgIpc) is 2.62. The van der Waals surface area contributed by atoms with Crippen molar-refractivity contribution in [1.82, 2.24) is 10.2 Å². The van der Waals surface area contributed by atoms with E-state index in [1.54, 1.807) is 6.07 Å². The minimum absolute atomic E-state index is 0.0328. The van der Waals surface area contributed by atoms with Gasteiger partial charge in [0.05, 0.1) is 16.3 Å². The maximum absolute atomic E-state index is 12.7. The van der Waals surface area contributed by atoms with Crippen LogP contribution in [-0.4, -0.2) is 35.5 Å². The Balaban J connectivity index is 1.49. The fourth-order valence-electron chi connectivity index (χ4n) is 3.65. The number of nitrogens with one attached hydrogen (secondary N) is 2. The highest BCUT2D eigenvalue weighted by Crippen LogP contribution is 2.34. The van der Waals surface area contributed by atoms with Gasteiger partial charge in [0.15, 0.2) is 0 Å². The lowest BCUT2D eigenvalue weighted by molar-refractivity contribution is 0.0640. The molecule has 1 saturated heterocycles. The lowest BCUT2D eigenvalue weighted by Crippen LogP contribution is -2.62. The first-order valence-corrected chi connectivity index (χ1v) is 9.10. The highest BCUT2D eigenvalue weighted by Gasteiger charge is 2.41. The van der Waals surface area contributed by atoms with Crippen LogP contribution >= 0.6 is 11.6 Å². The smallest absolute Gasteiger partial charge is 0.256 e. The van der Waals surface area contributed by atoms with Gasteiger partial charge >= 0.3 is 0 Å². The molecule has 2 N–H and O–H groups in total. The molecule has 0 radical (unpaired) electrons. The zero-order valence-electron chi connectivity index (χ0n) is 14.5. The highest BCUT2D eigenvalue weighted by atomic mass is 35.5. The van der Waals surface area contributed by atoms with Crippen LogP contribution in [0.2, 0.25) is 5.02 Å². The Kier molecular flexibility index (Phi) is 4.11. The molecule has 0 bridgehead atoms. The summed E-state index contributed by atoms with van der Waals surface area (Å²) in [6.45, 7) is 3.16. The first-order valence-electron chi connectivity index (χ1n) is 8.73. The quantitative estimate of drug-likeness (QED) is 0.809. The predicted octanol–water partition coefficient (Wildman–Crippen LogP) is 3.44. The molecule has 0 saturated carbocycles. The first kappa shape index (κ1) is 16.9. The molecule has 0 unspecified atom stereocenters. The van der Waals surface area contributed by atoms with Gasteiger partial charge in [-0.25, -0.2) is 0 Å². The molecule has 4 rings (SSSR count). The topological polar surface area (TPSA) is 61.4 Å². The zero-order chi connectivity index (χ0) is 18.3. The molecule has 2 aromatic carbocycles. The number of piperidine rings is 1. The van der Waals surface area contributed by atoms with Gasteiger partial charge in [0, 0.05) is 31.5 Å². The molecule has 26 heavy (non-hydrogen) atoms. The molecule has 5 nitrogen and oxygen atoms in total. The van der Waals surface area contributed by atoms with Gasteiger partial charge in [-0.15, -0.1) is 0 Å². The highest BCUT2D eigenvalue weighted by molar-refractivity contribution is 6.34. The molecule has 1 spiro atoms. The number of carbonyl (C=O) groups excluding carboxylic acids is 2. The van der Waals surface area contributed by atoms with Crippen molar-refractivity contribution in [1.29, 1.82) is 0 Å². The van der Waals surface area contributed by atoms with E-state index in [-0.39, 0.29) is 11.8 Å². The fraction of sp³-hybridized carbons (Fsp3) is 0.300. The van der Waals surface area contributed by atoms with Gasteiger partial charge in [0.1, 0.15) is 5.66 Å². The van der Waals surface area contributed by atoms with E-state index in [9.17, 15) is 9.59 Å². The Bertz CT molecular complexity index is 871. The molecular weight excluding hydrogens is 350 g/mol. The second kappa shape index (κ2) is 6.32. The van der Waals surface area contributed by atoms with Crippen LogP contribution in [0.25, 0.3) is 0 Å². The van der Waals surface area contributed by atoms with Crippen molar-refractivity contribution < 1.29 is 9.59 Å². The lowest BCUT2D eigenvalue weighted by Gasteiger charge is -2.46. The molecule has 0 aliphatic carbocycles. The molecule has 134 valence electrons. The third kappa shape index (κ3) is 2.92. The second-order valence-electron chi connectivity index (χ2n) is 6.98. The molecule has 6 heteroatoms. The summed E-state index contributed by atoms with van der Waals surface area (Å²) in [6.07, 6.45) is 1.28. The van der Waals surface area contributed by atoms with E-state index in [1.807, 2.05) is 48.2 Å². The Hall–Kier alpha value is -2.53. The van der Waals surface area contributed by atoms with Crippen LogP contribution < -0.4 is 10.6 Å². The van der Waals surface area contributed by atoms with Crippen LogP contribution in [0.4, 0.5) is 5.69 Å². The zero-order valence-corrected chi connectivity index (χ0v) is 15.3. The fourth-order valence-corrected chi connectivity index (χ4v) is 3.91. The predicted molar refractivity (Wildman–Crippen MR) is 102 cm³/mol. The Morgan fingerprint density at radius 1 is 1.08 bits per heavy atom. The summed E-state index contributed by atoms with van der Waals surface area (Å²) < 4.78 is 0. The molecule has 0 atom stereocenters. The van der Waals surface area contributed by atoms with Crippen LogP contribution in [0.15, 0.2) is 42.5 Å². The van der Waals surface area contributed by atoms with Crippen LogP contribution in [0.3, 0.4) is 0 Å². The van der Waals surface area contributed by atoms with Gasteiger partial charge in [0.2, 0.25) is 0 Å². The number of nitrogens with zero attached hydrogens (tertiary/aromatic N) is 1. The van der Waals surface area contributed by atoms with Gasteiger partial charge in [-0.2, -0.15) is 0 Å². The Morgan fingerprint density at radius 2 is 1.77 bits per heavy atom. The number of aryl methyl sites for hydroxylation is 1. The number of fused-ring (bicyclic) bond motifs is 1. The van der Waals surface area contributed by atoms with Gasteiger partial charge in [-0.3, -0.25) is 9.59 Å². The molecular formula is C20H20ClN3O2. The largest absolute Gasteiger partial charge is 0.362 e. The van der Waals surface area contributed by atoms with Crippen LogP contribution in [0.1, 0.15) is 39.1 Å². The number of hydrogen-bond acceptors (Lipinski definition) is 3. The summed E-state index contributed by atoms with van der Waals surface area (Å²) in [5.74, 6) is -0.131. The summed E-state index contributed by atoms with van der Waals surface area (Å²) in [5.41, 5.74) is 2.53. The Labute approximate surface area is 157 Å². The van der Waals surface area contributed by atoms with Gasteiger partial charge in [-0.05, 0) is 31.2 Å². The molecule has 1 fully saturated rings. The Morgan fingerprint density at radius 3 is 2.46 bits per heavy atom. The summed E-state index contributed by atoms with van der Waals surface area (Å²) >= 11 is 6.15. The van der Waals surface area contributed by atoms with Crippen molar-refractivity contribution >= 4 is 29.1 Å². The van der Waals surface area contributed by atoms with E-state index < -0.39 is 5.66 Å². The van der Waals surface area contributed by atoms with Crippen molar-refractivity contribution in [3.8, 4) is 0 Å². The summed E-state index contributed by atoms with van der Waals surface area (Å²) in [4.78, 5) is 27.1. The molecule has 2 aliphatic heterocycles. The maximum Gasteiger partial charge on any atom is 0.256 e. The standard InChI is InChI=1S/C20H20ClN3O2/c1-13-5-7-14(8-6-13)19(26)24-11-9-20(10-12-24)22-16-4-2-3-15(21)17(16)18(25)23-20/h2-8,22H,9-12H2,1H3,(H,23,25). The first-order chi connectivity index (χ1) is 12.5. The molecule has 2 aliphatic rings. The molecule has 0 aromatic heterocycles. The summed E-state index contributed by atoms with van der Waals surface area (Å²) in [6, 6.07) is 13.0. The number of halogens is 1. The van der Waals surface area contributed by atoms with Gasteiger partial charge < -0.3 is 15.5 Å². The third-order valence-electron chi connectivity index (χ3n) is 5.17. The van der Waals surface area contributed by atoms with Crippen LogP contribution in [0.5, 0.6) is 0 Å². The van der Waals surface area contributed by atoms with Crippen molar-refractivity contribution in [2.75, 3.05) is 18.4 Å². The summed E-state index contributed by atoms with van der Waals surface area (Å²) in [5, 5.41) is 6.94. The number of rotatable bonds is 1. The van der Waals surface area contributed by atoms with Gasteiger partial charge in [-0.1, -0.05) is 35.4 Å². The van der Waals surface area contributed by atoms with E-state index in [0.717, 1.165) is 11.3 Å². The summed E-state index contributed by atoms with van der Waals surface area (Å²) in [7, 11) is 0. The second-order valence-corrected chi connectivity index (χ2v) is 7.39. The average molecular weight is 370 g/mol. The van der Waals surface area contributed by atoms with Crippen molar-refractivity contribution in [2.24, 2.45) is 0 Å². The minimum Gasteiger partial charge on any atom is -0.362 e. The molecule has 2 amide bonds. The van der Waals surface area contributed by atoms with Crippen molar-refractivity contribution in [3.05, 3.63) is 64.2 Å². The maximum atomic E-state index is 12.7. The van der Waals surface area contributed by atoms with Crippen LogP contribution in [0, 0.1) is 6.92 Å². The SMILES string of the molecule is Cc1ccc(C(=O)N2CCC3(CC2)NC(=O)c2c(Cl)cccc2N3)cc1. The minimum atomic E-state index is -0.529. The lowest BCUT2D eigenvalue weighted by atomic mass is 9.92. The number of hydrogen-bond donors (Lipinski definition) is 2. The number of anilines is 1. The molecule has 2 heterocycles. The van der Waals surface area contributed by atoms with E-state index in [4.69, 9.17) is 11.6 Å². The van der Waals surface area contributed by atoms with E-state index in [0.29, 0.717) is 42.1 Å². The van der Waals surface area contributed by atoms with Crippen molar-refractivity contribution in [3.63, 3.8) is 0 Å². The third-order valence-corrected chi connectivity index (χ3v) is 5.49. The number of carbonyl (C=O) groups is 2. The monoisotopic (exact) mass is 369 g/mol. The van der Waals surface area contributed by atoms with Crippen molar-refractivity contribution in [2.45, 2.75) is 25.4 Å².